The third-order valence-corrected chi connectivity index (χ3v) is 3.92. The van der Waals surface area contributed by atoms with Gasteiger partial charge < -0.3 is 5.11 Å². The average Bonchev–Trinajstić information content (AvgIpc) is 2.80. The molecule has 0 aliphatic carbocycles. The van der Waals surface area contributed by atoms with Gasteiger partial charge in [0.2, 0.25) is 0 Å². The number of rotatable bonds is 3. The van der Waals surface area contributed by atoms with Crippen LogP contribution in [0, 0.1) is 12.7 Å². The van der Waals surface area contributed by atoms with E-state index >= 15 is 0 Å². The van der Waals surface area contributed by atoms with Gasteiger partial charge in [0.05, 0.1) is 0 Å². The Hall–Kier alpha value is -1.19. The topological polar surface area (TPSA) is 20.2 Å². The summed E-state index contributed by atoms with van der Waals surface area (Å²) >= 11 is 1.54. The Morgan fingerprint density at radius 3 is 2.76 bits per heavy atom. The van der Waals surface area contributed by atoms with Gasteiger partial charge in [-0.1, -0.05) is 19.1 Å². The molecule has 0 bridgehead atoms. The summed E-state index contributed by atoms with van der Waals surface area (Å²) in [7, 11) is 0. The van der Waals surface area contributed by atoms with Crippen LogP contribution in [-0.2, 0) is 6.42 Å². The molecule has 0 aliphatic rings. The monoisotopic (exact) mass is 250 g/mol. The molecular weight excluding hydrogens is 235 g/mol. The molecular formula is C14H15FOS. The summed E-state index contributed by atoms with van der Waals surface area (Å²) in [6.45, 7) is 3.77. The van der Waals surface area contributed by atoms with Crippen LogP contribution in [0.5, 0.6) is 0 Å². The summed E-state index contributed by atoms with van der Waals surface area (Å²) < 4.78 is 13.2. The molecule has 1 N–H and O–H groups in total. The van der Waals surface area contributed by atoms with Crippen molar-refractivity contribution in [3.05, 3.63) is 57.0 Å². The van der Waals surface area contributed by atoms with Crippen LogP contribution in [0.3, 0.4) is 0 Å². The minimum absolute atomic E-state index is 0.233. The molecule has 1 aromatic heterocycles. The fourth-order valence-electron chi connectivity index (χ4n) is 1.87. The van der Waals surface area contributed by atoms with Gasteiger partial charge in [-0.15, -0.1) is 11.3 Å². The molecule has 0 aliphatic heterocycles. The summed E-state index contributed by atoms with van der Waals surface area (Å²) in [5.74, 6) is -0.233. The second kappa shape index (κ2) is 4.98. The fraction of sp³-hybridized carbons (Fsp3) is 0.286. The molecule has 0 radical (unpaired) electrons. The van der Waals surface area contributed by atoms with Crippen LogP contribution >= 0.6 is 11.3 Å². The Labute approximate surface area is 105 Å². The molecule has 0 fully saturated rings. The number of hydrogen-bond acceptors (Lipinski definition) is 2. The molecule has 1 unspecified atom stereocenters. The van der Waals surface area contributed by atoms with Crippen molar-refractivity contribution in [3.8, 4) is 0 Å². The highest BCUT2D eigenvalue weighted by atomic mass is 32.1. The van der Waals surface area contributed by atoms with E-state index in [2.05, 4.69) is 6.92 Å². The second-order valence-corrected chi connectivity index (χ2v) is 5.02. The Morgan fingerprint density at radius 1 is 1.35 bits per heavy atom. The maximum Gasteiger partial charge on any atom is 0.126 e. The van der Waals surface area contributed by atoms with Gasteiger partial charge in [-0.05, 0) is 47.5 Å². The van der Waals surface area contributed by atoms with Crippen LogP contribution in [0.25, 0.3) is 0 Å². The molecule has 17 heavy (non-hydrogen) atoms. The minimum atomic E-state index is -0.649. The summed E-state index contributed by atoms with van der Waals surface area (Å²) in [4.78, 5) is 0.957. The van der Waals surface area contributed by atoms with Crippen molar-refractivity contribution >= 4 is 11.3 Å². The Kier molecular flexibility index (Phi) is 3.60. The average molecular weight is 250 g/mol. The summed E-state index contributed by atoms with van der Waals surface area (Å²) in [6.07, 6.45) is 0.250. The number of hydrogen-bond donors (Lipinski definition) is 1. The third-order valence-electron chi connectivity index (χ3n) is 2.91. The lowest BCUT2D eigenvalue weighted by Gasteiger charge is -2.12. The fourth-order valence-corrected chi connectivity index (χ4v) is 2.88. The first-order chi connectivity index (χ1) is 8.13. The second-order valence-electron chi connectivity index (χ2n) is 4.07. The lowest BCUT2D eigenvalue weighted by Crippen LogP contribution is -2.01. The molecule has 0 spiro atoms. The molecule has 2 rings (SSSR count). The number of aliphatic hydroxyl groups is 1. The smallest absolute Gasteiger partial charge is 0.126 e. The largest absolute Gasteiger partial charge is 0.383 e. The standard InChI is InChI=1S/C14H15FOS/c1-3-10-6-7-17-14(10)13(16)11-4-5-12(15)9(2)8-11/h4-8,13,16H,3H2,1-2H3. The van der Waals surface area contributed by atoms with Gasteiger partial charge in [0.15, 0.2) is 0 Å². The number of aryl methyl sites for hydroxylation is 2. The van der Waals surface area contributed by atoms with Gasteiger partial charge in [0.1, 0.15) is 11.9 Å². The Morgan fingerprint density at radius 2 is 2.12 bits per heavy atom. The molecule has 1 atom stereocenters. The van der Waals surface area contributed by atoms with Crippen molar-refractivity contribution in [2.24, 2.45) is 0 Å². The van der Waals surface area contributed by atoms with Gasteiger partial charge in [-0.3, -0.25) is 0 Å². The van der Waals surface area contributed by atoms with Crippen LogP contribution in [0.2, 0.25) is 0 Å². The van der Waals surface area contributed by atoms with Gasteiger partial charge in [-0.2, -0.15) is 0 Å². The van der Waals surface area contributed by atoms with E-state index in [0.717, 1.165) is 22.4 Å². The van der Waals surface area contributed by atoms with Crippen molar-refractivity contribution in [3.63, 3.8) is 0 Å². The molecule has 1 heterocycles. The van der Waals surface area contributed by atoms with Crippen molar-refractivity contribution in [1.82, 2.24) is 0 Å². The van der Waals surface area contributed by atoms with Crippen molar-refractivity contribution in [2.75, 3.05) is 0 Å². The van der Waals surface area contributed by atoms with Crippen LogP contribution in [0.1, 0.15) is 34.6 Å². The maximum atomic E-state index is 13.2. The highest BCUT2D eigenvalue weighted by Gasteiger charge is 2.16. The summed E-state index contributed by atoms with van der Waals surface area (Å²) in [5.41, 5.74) is 2.47. The predicted octanol–water partition coefficient (Wildman–Crippen LogP) is 3.84. The highest BCUT2D eigenvalue weighted by molar-refractivity contribution is 7.10. The molecule has 1 aromatic carbocycles. The van der Waals surface area contributed by atoms with E-state index in [-0.39, 0.29) is 5.82 Å². The number of thiophene rings is 1. The SMILES string of the molecule is CCc1ccsc1C(O)c1ccc(F)c(C)c1. The summed E-state index contributed by atoms with van der Waals surface area (Å²) in [5, 5.41) is 12.3. The highest BCUT2D eigenvalue weighted by Crippen LogP contribution is 2.30. The first-order valence-electron chi connectivity index (χ1n) is 5.64. The normalized spacial score (nSPS) is 12.7. The Balaban J connectivity index is 2.36. The molecule has 0 saturated heterocycles. The molecule has 90 valence electrons. The van der Waals surface area contributed by atoms with Crippen LogP contribution < -0.4 is 0 Å². The molecule has 0 amide bonds. The van der Waals surface area contributed by atoms with Gasteiger partial charge >= 0.3 is 0 Å². The van der Waals surface area contributed by atoms with Crippen LogP contribution in [0.15, 0.2) is 29.6 Å². The lowest BCUT2D eigenvalue weighted by atomic mass is 10.0. The van der Waals surface area contributed by atoms with Gasteiger partial charge in [-0.25, -0.2) is 4.39 Å². The van der Waals surface area contributed by atoms with E-state index in [4.69, 9.17) is 0 Å². The van der Waals surface area contributed by atoms with Crippen LogP contribution in [-0.4, -0.2) is 5.11 Å². The van der Waals surface area contributed by atoms with Crippen molar-refractivity contribution in [2.45, 2.75) is 26.4 Å². The van der Waals surface area contributed by atoms with E-state index in [1.54, 1.807) is 30.4 Å². The predicted molar refractivity (Wildman–Crippen MR) is 68.9 cm³/mol. The van der Waals surface area contributed by atoms with Crippen molar-refractivity contribution in [1.29, 1.82) is 0 Å². The minimum Gasteiger partial charge on any atom is -0.383 e. The third kappa shape index (κ3) is 2.40. The molecule has 3 heteroatoms. The lowest BCUT2D eigenvalue weighted by molar-refractivity contribution is 0.223. The molecule has 1 nitrogen and oxygen atoms in total. The maximum absolute atomic E-state index is 13.2. The first-order valence-corrected chi connectivity index (χ1v) is 6.51. The van der Waals surface area contributed by atoms with Gasteiger partial charge in [0.25, 0.3) is 0 Å². The van der Waals surface area contributed by atoms with E-state index < -0.39 is 6.10 Å². The number of aliphatic hydroxyl groups excluding tert-OH is 1. The molecule has 0 saturated carbocycles. The van der Waals surface area contributed by atoms with Crippen LogP contribution in [0.4, 0.5) is 4.39 Å². The van der Waals surface area contributed by atoms with Gasteiger partial charge in [0, 0.05) is 4.88 Å². The number of benzene rings is 1. The zero-order chi connectivity index (χ0) is 12.4. The van der Waals surface area contributed by atoms with Crippen molar-refractivity contribution < 1.29 is 9.50 Å². The van der Waals surface area contributed by atoms with E-state index in [9.17, 15) is 9.50 Å². The zero-order valence-electron chi connectivity index (χ0n) is 9.90. The quantitative estimate of drug-likeness (QED) is 0.877. The molecule has 2 aromatic rings. The van der Waals surface area contributed by atoms with E-state index in [1.165, 1.54) is 6.07 Å². The Bertz CT molecular complexity index is 519. The summed E-state index contributed by atoms with van der Waals surface area (Å²) in [6, 6.07) is 6.79. The zero-order valence-corrected chi connectivity index (χ0v) is 10.7. The van der Waals surface area contributed by atoms with E-state index in [0.29, 0.717) is 5.56 Å². The van der Waals surface area contributed by atoms with E-state index in [1.807, 2.05) is 11.4 Å². The number of halogens is 1. The first kappa shape index (κ1) is 12.3.